The van der Waals surface area contributed by atoms with Crippen LogP contribution in [0.25, 0.3) is 0 Å². The lowest BCUT2D eigenvalue weighted by Crippen LogP contribution is -2.26. The fraction of sp³-hybridized carbons (Fsp3) is 0.133. The number of hydrogen-bond acceptors (Lipinski definition) is 2. The van der Waals surface area contributed by atoms with E-state index in [0.29, 0.717) is 12.1 Å². The Morgan fingerprint density at radius 2 is 1.55 bits per heavy atom. The van der Waals surface area contributed by atoms with Gasteiger partial charge in [-0.15, -0.1) is 0 Å². The Morgan fingerprint density at radius 1 is 0.909 bits per heavy atom. The number of carbonyl (C=O) groups excluding carboxylic acids is 2. The highest BCUT2D eigenvalue weighted by Gasteiger charge is 2.14. The minimum atomic E-state index is -0.0617. The van der Waals surface area contributed by atoms with Crippen molar-refractivity contribution in [2.24, 2.45) is 0 Å². The summed E-state index contributed by atoms with van der Waals surface area (Å²) < 4.78 is 0. The molecule has 1 atom stereocenters. The Kier molecular flexibility index (Phi) is 13.7. The monoisotopic (exact) mass is 439 g/mol. The molecule has 2 aromatic carbocycles. The molecule has 1 unspecified atom stereocenters. The van der Waals surface area contributed by atoms with Crippen molar-refractivity contribution in [2.75, 3.05) is 6.54 Å². The molecule has 0 heterocycles. The summed E-state index contributed by atoms with van der Waals surface area (Å²) in [6.45, 7) is 13.7. The second kappa shape index (κ2) is 16.7. The molecule has 0 aliphatic rings. The largest absolute Gasteiger partial charge is 0.352 e. The van der Waals surface area contributed by atoms with Gasteiger partial charge in [-0.3, -0.25) is 9.59 Å². The van der Waals surface area contributed by atoms with Gasteiger partial charge in [0, 0.05) is 23.6 Å². The predicted molar refractivity (Wildman–Crippen MR) is 140 cm³/mol. The molecule has 170 valence electrons. The van der Waals surface area contributed by atoms with E-state index in [1.807, 2.05) is 48.6 Å². The van der Waals surface area contributed by atoms with Crippen LogP contribution in [0, 0.1) is 0 Å². The van der Waals surface area contributed by atoms with E-state index in [9.17, 15) is 9.59 Å². The summed E-state index contributed by atoms with van der Waals surface area (Å²) in [5, 5.41) is 2.98. The summed E-state index contributed by atoms with van der Waals surface area (Å²) in [6, 6.07) is 19.3. The summed E-state index contributed by atoms with van der Waals surface area (Å²) in [5.74, 6) is 0.107. The first-order chi connectivity index (χ1) is 16.1. The summed E-state index contributed by atoms with van der Waals surface area (Å²) >= 11 is 0. The molecule has 2 aromatic rings. The van der Waals surface area contributed by atoms with E-state index in [1.54, 1.807) is 49.4 Å². The third-order valence-corrected chi connectivity index (χ3v) is 4.76. The highest BCUT2D eigenvalue weighted by Crippen LogP contribution is 2.28. The van der Waals surface area contributed by atoms with Gasteiger partial charge in [0.15, 0.2) is 0 Å². The van der Waals surface area contributed by atoms with Gasteiger partial charge in [-0.2, -0.15) is 0 Å². The van der Waals surface area contributed by atoms with E-state index < -0.39 is 0 Å². The SMILES string of the molecule is C=C/C=C\C=C(/C)C(=O)NCCC(/C(C=C)=C/C=C)c1ccccc1.O=Cc1ccccc1. The Hall–Kier alpha value is -3.98. The first-order valence-corrected chi connectivity index (χ1v) is 10.8. The fourth-order valence-electron chi connectivity index (χ4n) is 3.03. The molecule has 0 spiro atoms. The van der Waals surface area contributed by atoms with E-state index in [4.69, 9.17) is 0 Å². The zero-order chi connectivity index (χ0) is 24.3. The van der Waals surface area contributed by atoms with Crippen LogP contribution in [0.4, 0.5) is 0 Å². The molecule has 0 saturated heterocycles. The van der Waals surface area contributed by atoms with Crippen LogP contribution in [0.2, 0.25) is 0 Å². The molecule has 0 aliphatic carbocycles. The van der Waals surface area contributed by atoms with Crippen molar-refractivity contribution in [2.45, 2.75) is 19.3 Å². The predicted octanol–water partition coefficient (Wildman–Crippen LogP) is 6.76. The normalized spacial score (nSPS) is 12.2. The van der Waals surface area contributed by atoms with E-state index in [1.165, 1.54) is 5.56 Å². The molecule has 1 amide bonds. The molecule has 3 heteroatoms. The average molecular weight is 440 g/mol. The Bertz CT molecular complexity index is 982. The summed E-state index contributed by atoms with van der Waals surface area (Å²) in [7, 11) is 0. The maximum absolute atomic E-state index is 12.1. The molecular weight excluding hydrogens is 406 g/mol. The van der Waals surface area contributed by atoms with Crippen molar-refractivity contribution in [1.29, 1.82) is 0 Å². The van der Waals surface area contributed by atoms with Gasteiger partial charge in [0.05, 0.1) is 0 Å². The van der Waals surface area contributed by atoms with Crippen molar-refractivity contribution in [3.8, 4) is 0 Å². The van der Waals surface area contributed by atoms with Gasteiger partial charge in [0.1, 0.15) is 6.29 Å². The van der Waals surface area contributed by atoms with Crippen LogP contribution in [-0.4, -0.2) is 18.7 Å². The Balaban J connectivity index is 0.000000568. The van der Waals surface area contributed by atoms with Gasteiger partial charge < -0.3 is 5.32 Å². The maximum atomic E-state index is 12.1. The molecule has 0 aliphatic heterocycles. The maximum Gasteiger partial charge on any atom is 0.246 e. The van der Waals surface area contributed by atoms with Crippen molar-refractivity contribution in [1.82, 2.24) is 5.32 Å². The molecular formula is C30H33NO2. The third kappa shape index (κ3) is 10.7. The van der Waals surface area contributed by atoms with Gasteiger partial charge >= 0.3 is 0 Å². The van der Waals surface area contributed by atoms with Crippen LogP contribution in [0.3, 0.4) is 0 Å². The van der Waals surface area contributed by atoms with Crippen molar-refractivity contribution in [3.63, 3.8) is 0 Å². The smallest absolute Gasteiger partial charge is 0.246 e. The van der Waals surface area contributed by atoms with Crippen LogP contribution < -0.4 is 5.32 Å². The molecule has 3 nitrogen and oxygen atoms in total. The zero-order valence-corrected chi connectivity index (χ0v) is 19.3. The minimum absolute atomic E-state index is 0.0617. The van der Waals surface area contributed by atoms with Crippen molar-refractivity contribution >= 4 is 12.2 Å². The van der Waals surface area contributed by atoms with Crippen molar-refractivity contribution < 1.29 is 9.59 Å². The molecule has 0 saturated carbocycles. The van der Waals surface area contributed by atoms with Gasteiger partial charge in [0.25, 0.3) is 0 Å². The van der Waals surface area contributed by atoms with Crippen LogP contribution in [-0.2, 0) is 4.79 Å². The number of benzene rings is 2. The standard InChI is InChI=1S/C23H27NO.C7H6O/c1-5-8-10-14-19(4)23(25)24-18-17-22(20(7-3)13-6-2)21-15-11-9-12-16-21;8-6-7-4-2-1-3-5-7/h5-16,22H,1-3,17-18H2,4H3,(H,24,25);1-6H/b10-8-,19-14+,20-13+;. The molecule has 1 N–H and O–H groups in total. The number of carbonyl (C=O) groups is 2. The summed E-state index contributed by atoms with van der Waals surface area (Å²) in [6.07, 6.45) is 14.3. The number of aldehydes is 1. The van der Waals surface area contributed by atoms with Gasteiger partial charge in [-0.05, 0) is 24.5 Å². The van der Waals surface area contributed by atoms with Gasteiger partial charge in [0.2, 0.25) is 5.91 Å². The van der Waals surface area contributed by atoms with Gasteiger partial charge in [-0.25, -0.2) is 0 Å². The Morgan fingerprint density at radius 3 is 2.06 bits per heavy atom. The summed E-state index contributed by atoms with van der Waals surface area (Å²) in [5.41, 5.74) is 3.69. The van der Waals surface area contributed by atoms with E-state index in [0.717, 1.165) is 23.8 Å². The van der Waals surface area contributed by atoms with Crippen LogP contribution >= 0.6 is 0 Å². The number of rotatable bonds is 11. The first kappa shape index (κ1) is 27.1. The summed E-state index contributed by atoms with van der Waals surface area (Å²) in [4.78, 5) is 22.1. The highest BCUT2D eigenvalue weighted by molar-refractivity contribution is 5.93. The topological polar surface area (TPSA) is 46.2 Å². The van der Waals surface area contributed by atoms with Crippen molar-refractivity contribution in [3.05, 3.63) is 145 Å². The second-order valence-electron chi connectivity index (χ2n) is 7.11. The van der Waals surface area contributed by atoms with Crippen LogP contribution in [0.15, 0.2) is 134 Å². The number of allylic oxidation sites excluding steroid dienone is 8. The molecule has 33 heavy (non-hydrogen) atoms. The molecule has 2 rings (SSSR count). The second-order valence-corrected chi connectivity index (χ2v) is 7.11. The average Bonchev–Trinajstić information content (AvgIpc) is 2.87. The number of hydrogen-bond donors (Lipinski definition) is 1. The lowest BCUT2D eigenvalue weighted by molar-refractivity contribution is -0.117. The highest BCUT2D eigenvalue weighted by atomic mass is 16.1. The fourth-order valence-corrected chi connectivity index (χ4v) is 3.03. The Labute approximate surface area is 198 Å². The van der Waals surface area contributed by atoms with Crippen LogP contribution in [0.5, 0.6) is 0 Å². The molecule has 0 aromatic heterocycles. The lowest BCUT2D eigenvalue weighted by Gasteiger charge is -2.19. The number of amides is 1. The zero-order valence-electron chi connectivity index (χ0n) is 19.3. The van der Waals surface area contributed by atoms with E-state index >= 15 is 0 Å². The van der Waals surface area contributed by atoms with E-state index in [-0.39, 0.29) is 11.8 Å². The molecule has 0 bridgehead atoms. The van der Waals surface area contributed by atoms with Gasteiger partial charge in [-0.1, -0.05) is 123 Å². The third-order valence-electron chi connectivity index (χ3n) is 4.76. The van der Waals surface area contributed by atoms with Crippen LogP contribution in [0.1, 0.15) is 35.2 Å². The van der Waals surface area contributed by atoms with E-state index in [2.05, 4.69) is 37.2 Å². The minimum Gasteiger partial charge on any atom is -0.352 e. The number of nitrogens with one attached hydrogen (secondary N) is 1. The molecule has 0 fully saturated rings. The first-order valence-electron chi connectivity index (χ1n) is 10.8. The molecule has 0 radical (unpaired) electrons. The quantitative estimate of drug-likeness (QED) is 0.239. The lowest BCUT2D eigenvalue weighted by atomic mass is 9.88.